The number of hydrazine groups is 1. The van der Waals surface area contributed by atoms with Gasteiger partial charge in [-0.1, -0.05) is 17.7 Å². The Morgan fingerprint density at radius 3 is 2.81 bits per heavy atom. The summed E-state index contributed by atoms with van der Waals surface area (Å²) in [4.78, 5) is 3.99. The Kier molecular flexibility index (Phi) is 4.24. The SMILES string of the molecule is NNC(Cc1ccncc1Cl)c1ccc2c(c1)OCCO2. The molecule has 0 aliphatic carbocycles. The molecule has 0 radical (unpaired) electrons. The molecule has 1 aromatic heterocycles. The second kappa shape index (κ2) is 6.30. The molecule has 21 heavy (non-hydrogen) atoms. The van der Waals surface area contributed by atoms with Gasteiger partial charge in [0.1, 0.15) is 13.2 Å². The summed E-state index contributed by atoms with van der Waals surface area (Å²) in [6, 6.07) is 7.66. The fourth-order valence-electron chi connectivity index (χ4n) is 2.34. The first-order valence-corrected chi connectivity index (χ1v) is 7.10. The van der Waals surface area contributed by atoms with Gasteiger partial charge in [-0.25, -0.2) is 0 Å². The van der Waals surface area contributed by atoms with Crippen LogP contribution in [0.2, 0.25) is 5.02 Å². The Balaban J connectivity index is 1.85. The van der Waals surface area contributed by atoms with Gasteiger partial charge in [0.15, 0.2) is 11.5 Å². The number of nitrogens with zero attached hydrogens (tertiary/aromatic N) is 1. The number of ether oxygens (including phenoxy) is 2. The summed E-state index contributed by atoms with van der Waals surface area (Å²) in [5.41, 5.74) is 4.84. The molecule has 1 atom stereocenters. The van der Waals surface area contributed by atoms with Gasteiger partial charge in [0, 0.05) is 12.4 Å². The van der Waals surface area contributed by atoms with E-state index in [-0.39, 0.29) is 6.04 Å². The topological polar surface area (TPSA) is 69.4 Å². The number of nitrogens with one attached hydrogen (secondary N) is 1. The molecule has 110 valence electrons. The van der Waals surface area contributed by atoms with E-state index in [2.05, 4.69) is 10.4 Å². The van der Waals surface area contributed by atoms with Crippen molar-refractivity contribution in [1.29, 1.82) is 0 Å². The highest BCUT2D eigenvalue weighted by Crippen LogP contribution is 2.33. The summed E-state index contributed by atoms with van der Waals surface area (Å²) >= 11 is 6.15. The van der Waals surface area contributed by atoms with Crippen LogP contribution in [0, 0.1) is 0 Å². The van der Waals surface area contributed by atoms with Crippen molar-refractivity contribution in [3.05, 3.63) is 52.8 Å². The van der Waals surface area contributed by atoms with Gasteiger partial charge in [-0.2, -0.15) is 0 Å². The molecule has 0 saturated carbocycles. The molecule has 6 heteroatoms. The lowest BCUT2D eigenvalue weighted by atomic mass is 9.99. The fourth-order valence-corrected chi connectivity index (χ4v) is 2.54. The summed E-state index contributed by atoms with van der Waals surface area (Å²) in [7, 11) is 0. The lowest BCUT2D eigenvalue weighted by Gasteiger charge is -2.22. The third-order valence-corrected chi connectivity index (χ3v) is 3.79. The smallest absolute Gasteiger partial charge is 0.161 e. The first kappa shape index (κ1) is 14.1. The van der Waals surface area contributed by atoms with Crippen molar-refractivity contribution in [2.45, 2.75) is 12.5 Å². The maximum atomic E-state index is 6.15. The van der Waals surface area contributed by atoms with Crippen LogP contribution in [-0.4, -0.2) is 18.2 Å². The van der Waals surface area contributed by atoms with Crippen LogP contribution >= 0.6 is 11.6 Å². The van der Waals surface area contributed by atoms with Gasteiger partial charge in [-0.05, 0) is 35.7 Å². The number of hydrogen-bond acceptors (Lipinski definition) is 5. The molecule has 1 aliphatic rings. The van der Waals surface area contributed by atoms with Crippen LogP contribution in [0.4, 0.5) is 0 Å². The first-order chi connectivity index (χ1) is 10.3. The lowest BCUT2D eigenvalue weighted by molar-refractivity contribution is 0.171. The van der Waals surface area contributed by atoms with E-state index in [0.29, 0.717) is 24.7 Å². The predicted octanol–water partition coefficient (Wildman–Crippen LogP) is 2.25. The first-order valence-electron chi connectivity index (χ1n) is 6.72. The number of fused-ring (bicyclic) bond motifs is 1. The van der Waals surface area contributed by atoms with Gasteiger partial charge < -0.3 is 9.47 Å². The highest BCUT2D eigenvalue weighted by Gasteiger charge is 2.17. The van der Waals surface area contributed by atoms with E-state index in [9.17, 15) is 0 Å². The van der Waals surface area contributed by atoms with E-state index in [4.69, 9.17) is 26.9 Å². The van der Waals surface area contributed by atoms with Gasteiger partial charge in [0.2, 0.25) is 0 Å². The van der Waals surface area contributed by atoms with Gasteiger partial charge >= 0.3 is 0 Å². The molecule has 1 aromatic carbocycles. The van der Waals surface area contributed by atoms with Crippen molar-refractivity contribution in [2.75, 3.05) is 13.2 Å². The van der Waals surface area contributed by atoms with E-state index in [0.717, 1.165) is 22.6 Å². The summed E-state index contributed by atoms with van der Waals surface area (Å²) in [6.45, 7) is 1.14. The molecule has 0 fully saturated rings. The van der Waals surface area contributed by atoms with Crippen LogP contribution in [0.3, 0.4) is 0 Å². The van der Waals surface area contributed by atoms with Gasteiger partial charge in [-0.15, -0.1) is 0 Å². The average Bonchev–Trinajstić information content (AvgIpc) is 2.54. The maximum Gasteiger partial charge on any atom is 0.161 e. The van der Waals surface area contributed by atoms with Crippen LogP contribution in [0.5, 0.6) is 11.5 Å². The lowest BCUT2D eigenvalue weighted by Crippen LogP contribution is -2.29. The molecule has 2 aromatic rings. The van der Waals surface area contributed by atoms with Gasteiger partial charge in [0.05, 0.1) is 11.1 Å². The van der Waals surface area contributed by atoms with Crippen molar-refractivity contribution in [3.8, 4) is 11.5 Å². The van der Waals surface area contributed by atoms with Crippen LogP contribution in [0.25, 0.3) is 0 Å². The number of aromatic nitrogens is 1. The Labute approximate surface area is 128 Å². The molecule has 0 amide bonds. The number of hydrogen-bond donors (Lipinski definition) is 2. The molecular weight excluding hydrogens is 290 g/mol. The zero-order valence-corrected chi connectivity index (χ0v) is 12.1. The van der Waals surface area contributed by atoms with Crippen molar-refractivity contribution in [3.63, 3.8) is 0 Å². The molecule has 0 spiro atoms. The van der Waals surface area contributed by atoms with Gasteiger partial charge in [0.25, 0.3) is 0 Å². The summed E-state index contributed by atoms with van der Waals surface area (Å²) in [5.74, 6) is 7.21. The third kappa shape index (κ3) is 3.10. The second-order valence-corrected chi connectivity index (χ2v) is 5.20. The van der Waals surface area contributed by atoms with E-state index in [1.54, 1.807) is 12.4 Å². The number of halogens is 1. The van der Waals surface area contributed by atoms with Crippen molar-refractivity contribution >= 4 is 11.6 Å². The zero-order chi connectivity index (χ0) is 14.7. The summed E-state index contributed by atoms with van der Waals surface area (Å²) in [5, 5.41) is 0.635. The third-order valence-electron chi connectivity index (χ3n) is 3.45. The number of rotatable bonds is 4. The van der Waals surface area contributed by atoms with Crippen molar-refractivity contribution in [1.82, 2.24) is 10.4 Å². The Bertz CT molecular complexity index is 636. The zero-order valence-electron chi connectivity index (χ0n) is 11.4. The molecule has 0 saturated heterocycles. The minimum absolute atomic E-state index is 0.0688. The predicted molar refractivity (Wildman–Crippen MR) is 80.4 cm³/mol. The Morgan fingerprint density at radius 1 is 1.24 bits per heavy atom. The van der Waals surface area contributed by atoms with Crippen molar-refractivity contribution < 1.29 is 9.47 Å². The van der Waals surface area contributed by atoms with E-state index in [1.165, 1.54) is 0 Å². The van der Waals surface area contributed by atoms with Crippen molar-refractivity contribution in [2.24, 2.45) is 5.84 Å². The second-order valence-electron chi connectivity index (χ2n) is 4.79. The minimum Gasteiger partial charge on any atom is -0.486 e. The molecule has 2 heterocycles. The maximum absolute atomic E-state index is 6.15. The Morgan fingerprint density at radius 2 is 2.05 bits per heavy atom. The van der Waals surface area contributed by atoms with Crippen LogP contribution in [-0.2, 0) is 6.42 Å². The molecular formula is C15H16ClN3O2. The molecule has 3 rings (SSSR count). The van der Waals surface area contributed by atoms with E-state index < -0.39 is 0 Å². The normalized spacial score (nSPS) is 14.8. The molecule has 1 aliphatic heterocycles. The van der Waals surface area contributed by atoms with Crippen LogP contribution in [0.1, 0.15) is 17.2 Å². The molecule has 5 nitrogen and oxygen atoms in total. The summed E-state index contributed by atoms with van der Waals surface area (Å²) < 4.78 is 11.1. The quantitative estimate of drug-likeness (QED) is 0.670. The standard InChI is InChI=1S/C15H16ClN3O2/c16-12-9-18-4-3-10(12)7-13(19-17)11-1-2-14-15(8-11)21-6-5-20-14/h1-4,8-9,13,19H,5-7,17H2. The number of benzene rings is 1. The fraction of sp³-hybridized carbons (Fsp3) is 0.267. The van der Waals surface area contributed by atoms with Crippen LogP contribution in [0.15, 0.2) is 36.7 Å². The van der Waals surface area contributed by atoms with E-state index in [1.807, 2.05) is 24.3 Å². The molecule has 0 bridgehead atoms. The minimum atomic E-state index is -0.0688. The summed E-state index contributed by atoms with van der Waals surface area (Å²) in [6.07, 6.45) is 4.02. The Hall–Kier alpha value is -1.82. The molecule has 1 unspecified atom stereocenters. The highest BCUT2D eigenvalue weighted by molar-refractivity contribution is 6.31. The number of pyridine rings is 1. The van der Waals surface area contributed by atoms with E-state index >= 15 is 0 Å². The molecule has 3 N–H and O–H groups in total. The number of nitrogens with two attached hydrogens (primary N) is 1. The van der Waals surface area contributed by atoms with Gasteiger partial charge in [-0.3, -0.25) is 16.3 Å². The largest absolute Gasteiger partial charge is 0.486 e. The monoisotopic (exact) mass is 305 g/mol. The van der Waals surface area contributed by atoms with Crippen LogP contribution < -0.4 is 20.7 Å². The highest BCUT2D eigenvalue weighted by atomic mass is 35.5. The average molecular weight is 306 g/mol.